The van der Waals surface area contributed by atoms with Crippen LogP contribution in [0.15, 0.2) is 24.3 Å². The summed E-state index contributed by atoms with van der Waals surface area (Å²) in [6, 6.07) is 7.70. The molecule has 3 rings (SSSR count). The molecule has 0 saturated carbocycles. The summed E-state index contributed by atoms with van der Waals surface area (Å²) in [6.45, 7) is 3.99. The highest BCUT2D eigenvalue weighted by atomic mass is 16.6. The second-order valence-electron chi connectivity index (χ2n) is 4.41. The summed E-state index contributed by atoms with van der Waals surface area (Å²) in [6.07, 6.45) is 0.241. The molecule has 0 spiro atoms. The van der Waals surface area contributed by atoms with Gasteiger partial charge in [-0.25, -0.2) is 0 Å². The minimum atomic E-state index is -0.0522. The summed E-state index contributed by atoms with van der Waals surface area (Å²) in [4.78, 5) is 0. The van der Waals surface area contributed by atoms with Gasteiger partial charge < -0.3 is 18.9 Å². The molecule has 4 heteroatoms. The molecule has 0 radical (unpaired) electrons. The maximum Gasteiger partial charge on any atom is 0.161 e. The van der Waals surface area contributed by atoms with Crippen LogP contribution in [0, 0.1) is 0 Å². The lowest BCUT2D eigenvalue weighted by Gasteiger charge is -2.30. The number of epoxide rings is 1. The van der Waals surface area contributed by atoms with Crippen LogP contribution in [0.1, 0.15) is 6.92 Å². The predicted molar refractivity (Wildman–Crippen MR) is 61.5 cm³/mol. The molecule has 0 aliphatic carbocycles. The zero-order valence-electron chi connectivity index (χ0n) is 9.80. The Kier molecular flexibility index (Phi) is 2.91. The number of hydrogen-bond acceptors (Lipinski definition) is 4. The van der Waals surface area contributed by atoms with Crippen LogP contribution >= 0.6 is 0 Å². The Hall–Kier alpha value is -1.26. The van der Waals surface area contributed by atoms with Gasteiger partial charge >= 0.3 is 0 Å². The third kappa shape index (κ3) is 2.53. The zero-order chi connectivity index (χ0) is 11.7. The lowest BCUT2D eigenvalue weighted by atomic mass is 10.2. The smallest absolute Gasteiger partial charge is 0.161 e. The molecule has 0 unspecified atom stereocenters. The Morgan fingerprint density at radius 3 is 2.82 bits per heavy atom. The molecule has 0 N–H and O–H groups in total. The fourth-order valence-electron chi connectivity index (χ4n) is 1.80. The predicted octanol–water partition coefficient (Wildman–Crippen LogP) is 1.63. The van der Waals surface area contributed by atoms with Gasteiger partial charge in [-0.3, -0.25) is 0 Å². The molecular formula is C13H16O4. The first-order valence-corrected chi connectivity index (χ1v) is 5.94. The van der Waals surface area contributed by atoms with Crippen molar-refractivity contribution < 1.29 is 18.9 Å². The van der Waals surface area contributed by atoms with Gasteiger partial charge in [0.2, 0.25) is 0 Å². The van der Waals surface area contributed by atoms with Gasteiger partial charge in [-0.05, 0) is 19.1 Å². The van der Waals surface area contributed by atoms with Crippen molar-refractivity contribution in [1.82, 2.24) is 0 Å². The van der Waals surface area contributed by atoms with E-state index in [1.807, 2.05) is 31.2 Å². The first-order chi connectivity index (χ1) is 8.33. The third-order valence-corrected chi connectivity index (χ3v) is 3.00. The Morgan fingerprint density at radius 1 is 1.29 bits per heavy atom. The van der Waals surface area contributed by atoms with Crippen LogP contribution in [0.3, 0.4) is 0 Å². The fraction of sp³-hybridized carbons (Fsp3) is 0.538. The van der Waals surface area contributed by atoms with E-state index < -0.39 is 0 Å². The van der Waals surface area contributed by atoms with E-state index in [1.165, 1.54) is 0 Å². The normalized spacial score (nSPS) is 27.6. The largest absolute Gasteiger partial charge is 0.486 e. The summed E-state index contributed by atoms with van der Waals surface area (Å²) < 4.78 is 22.3. The summed E-state index contributed by atoms with van der Waals surface area (Å²) in [7, 11) is 0. The molecule has 92 valence electrons. The minimum absolute atomic E-state index is 0.00700. The van der Waals surface area contributed by atoms with Gasteiger partial charge in [0, 0.05) is 0 Å². The van der Waals surface area contributed by atoms with Crippen LogP contribution in [-0.2, 0) is 9.47 Å². The summed E-state index contributed by atoms with van der Waals surface area (Å²) in [5.41, 5.74) is 0. The van der Waals surface area contributed by atoms with E-state index in [1.54, 1.807) is 0 Å². The van der Waals surface area contributed by atoms with Crippen LogP contribution in [0.25, 0.3) is 0 Å². The number of benzene rings is 1. The molecule has 4 nitrogen and oxygen atoms in total. The Bertz CT molecular complexity index is 389. The van der Waals surface area contributed by atoms with Gasteiger partial charge in [-0.1, -0.05) is 12.1 Å². The highest BCUT2D eigenvalue weighted by Crippen LogP contribution is 2.32. The molecule has 2 heterocycles. The van der Waals surface area contributed by atoms with Crippen molar-refractivity contribution in [3.8, 4) is 11.5 Å². The number of rotatable bonds is 4. The molecule has 0 bridgehead atoms. The second-order valence-corrected chi connectivity index (χ2v) is 4.41. The SMILES string of the molecule is C[C@H](OC[C@H]1CO1)[C@@H]1COc2ccccc2O1. The zero-order valence-corrected chi connectivity index (χ0v) is 9.80. The lowest BCUT2D eigenvalue weighted by molar-refractivity contribution is -0.0475. The average Bonchev–Trinajstić information content (AvgIpc) is 3.19. The summed E-state index contributed by atoms with van der Waals surface area (Å²) >= 11 is 0. The van der Waals surface area contributed by atoms with Crippen LogP contribution in [-0.4, -0.2) is 38.1 Å². The van der Waals surface area contributed by atoms with E-state index in [2.05, 4.69) is 0 Å². The fourth-order valence-corrected chi connectivity index (χ4v) is 1.80. The first-order valence-electron chi connectivity index (χ1n) is 5.94. The molecule has 17 heavy (non-hydrogen) atoms. The molecule has 0 amide bonds. The van der Waals surface area contributed by atoms with Gasteiger partial charge in [0.15, 0.2) is 17.6 Å². The first kappa shape index (κ1) is 10.9. The molecule has 1 saturated heterocycles. The molecule has 2 aliphatic heterocycles. The lowest BCUT2D eigenvalue weighted by Crippen LogP contribution is -2.40. The quantitative estimate of drug-likeness (QED) is 0.745. The van der Waals surface area contributed by atoms with Gasteiger partial charge in [0.05, 0.1) is 19.3 Å². The second kappa shape index (κ2) is 4.55. The van der Waals surface area contributed by atoms with Gasteiger partial charge in [0.25, 0.3) is 0 Å². The third-order valence-electron chi connectivity index (χ3n) is 3.00. The topological polar surface area (TPSA) is 40.2 Å². The van der Waals surface area contributed by atoms with Crippen molar-refractivity contribution in [1.29, 1.82) is 0 Å². The van der Waals surface area contributed by atoms with Gasteiger partial charge in [0.1, 0.15) is 12.7 Å². The molecule has 1 aromatic carbocycles. The summed E-state index contributed by atoms with van der Waals surface area (Å²) in [5, 5.41) is 0. The maximum absolute atomic E-state index is 5.86. The van der Waals surface area contributed by atoms with Gasteiger partial charge in [-0.15, -0.1) is 0 Å². The van der Waals surface area contributed by atoms with Crippen LogP contribution in [0.5, 0.6) is 11.5 Å². The Balaban J connectivity index is 1.58. The van der Waals surface area contributed by atoms with Crippen molar-refractivity contribution in [3.63, 3.8) is 0 Å². The van der Waals surface area contributed by atoms with Crippen molar-refractivity contribution in [3.05, 3.63) is 24.3 Å². The molecule has 1 fully saturated rings. The van der Waals surface area contributed by atoms with Gasteiger partial charge in [-0.2, -0.15) is 0 Å². The van der Waals surface area contributed by atoms with Crippen molar-refractivity contribution >= 4 is 0 Å². The van der Waals surface area contributed by atoms with Crippen LogP contribution in [0.4, 0.5) is 0 Å². The molecule has 3 atom stereocenters. The van der Waals surface area contributed by atoms with Crippen molar-refractivity contribution in [2.75, 3.05) is 19.8 Å². The van der Waals surface area contributed by atoms with Crippen molar-refractivity contribution in [2.24, 2.45) is 0 Å². The average molecular weight is 236 g/mol. The van der Waals surface area contributed by atoms with E-state index in [0.29, 0.717) is 13.2 Å². The van der Waals surface area contributed by atoms with Crippen LogP contribution in [0.2, 0.25) is 0 Å². The monoisotopic (exact) mass is 236 g/mol. The van der Waals surface area contributed by atoms with E-state index in [4.69, 9.17) is 18.9 Å². The van der Waals surface area contributed by atoms with E-state index >= 15 is 0 Å². The minimum Gasteiger partial charge on any atom is -0.486 e. The molecule has 0 aromatic heterocycles. The highest BCUT2D eigenvalue weighted by Gasteiger charge is 2.29. The standard InChI is InChI=1S/C13H16O4/c1-9(14-6-10-7-15-10)13-8-16-11-4-2-3-5-12(11)17-13/h2-5,9-10,13H,6-8H2,1H3/t9-,10-,13-/m0/s1. The molecule has 1 aromatic rings. The number of hydrogen-bond donors (Lipinski definition) is 0. The molecule has 2 aliphatic rings. The molecular weight excluding hydrogens is 220 g/mol. The highest BCUT2D eigenvalue weighted by molar-refractivity contribution is 5.40. The summed E-state index contributed by atoms with van der Waals surface area (Å²) in [5.74, 6) is 1.60. The number of para-hydroxylation sites is 2. The van der Waals surface area contributed by atoms with E-state index in [-0.39, 0.29) is 18.3 Å². The maximum atomic E-state index is 5.86. The Morgan fingerprint density at radius 2 is 2.06 bits per heavy atom. The van der Waals surface area contributed by atoms with Crippen LogP contribution < -0.4 is 9.47 Å². The van der Waals surface area contributed by atoms with E-state index in [9.17, 15) is 0 Å². The number of ether oxygens (including phenoxy) is 4. The number of fused-ring (bicyclic) bond motifs is 1. The Labute approximate surface area is 100 Å². The van der Waals surface area contributed by atoms with Crippen molar-refractivity contribution in [2.45, 2.75) is 25.2 Å². The van der Waals surface area contributed by atoms with E-state index in [0.717, 1.165) is 18.1 Å².